The van der Waals surface area contributed by atoms with Crippen molar-refractivity contribution in [1.82, 2.24) is 5.32 Å². The van der Waals surface area contributed by atoms with Crippen LogP contribution in [0.3, 0.4) is 0 Å². The van der Waals surface area contributed by atoms with Crippen molar-refractivity contribution >= 4 is 5.69 Å². The summed E-state index contributed by atoms with van der Waals surface area (Å²) in [6.45, 7) is 5.71. The lowest BCUT2D eigenvalue weighted by Gasteiger charge is -2.23. The minimum atomic E-state index is 0.263. The Labute approximate surface area is 129 Å². The summed E-state index contributed by atoms with van der Waals surface area (Å²) >= 11 is 0. The molecule has 21 heavy (non-hydrogen) atoms. The number of nitrogens with zero attached hydrogens (tertiary/aromatic N) is 1. The molecule has 1 saturated heterocycles. The number of hydrogen-bond acceptors (Lipinski definition) is 3. The number of hydrogen-bond donors (Lipinski definition) is 2. The third-order valence-corrected chi connectivity index (χ3v) is 4.47. The Morgan fingerprint density at radius 2 is 1.76 bits per heavy atom. The lowest BCUT2D eigenvalue weighted by atomic mass is 10.1. The summed E-state index contributed by atoms with van der Waals surface area (Å²) in [5.41, 5.74) is 2.69. The molecule has 1 aromatic carbocycles. The standard InChI is InChI=1S/C18H30N2O/c1-2-17(11-14-21)19-15-16-7-9-18(10-8-16)20-12-5-3-4-6-13-20/h7-10,17,19,21H,2-6,11-15H2,1H3. The molecule has 3 heteroatoms. The van der Waals surface area contributed by atoms with Crippen LogP contribution in [0.1, 0.15) is 51.0 Å². The predicted octanol–water partition coefficient (Wildman–Crippen LogP) is 3.32. The zero-order valence-electron chi connectivity index (χ0n) is 13.4. The second-order valence-electron chi connectivity index (χ2n) is 6.07. The van der Waals surface area contributed by atoms with E-state index in [0.29, 0.717) is 6.04 Å². The fourth-order valence-corrected chi connectivity index (χ4v) is 3.02. The normalized spacial score (nSPS) is 17.5. The molecule has 0 spiro atoms. The number of aliphatic hydroxyl groups excluding tert-OH is 1. The van der Waals surface area contributed by atoms with Gasteiger partial charge in [-0.2, -0.15) is 0 Å². The first kappa shape index (κ1) is 16.3. The summed E-state index contributed by atoms with van der Waals surface area (Å²) < 4.78 is 0. The number of benzene rings is 1. The lowest BCUT2D eigenvalue weighted by molar-refractivity contribution is 0.262. The van der Waals surface area contributed by atoms with E-state index >= 15 is 0 Å². The average Bonchev–Trinajstić information content (AvgIpc) is 2.81. The first-order valence-electron chi connectivity index (χ1n) is 8.51. The maximum atomic E-state index is 9.02. The van der Waals surface area contributed by atoms with E-state index in [9.17, 15) is 0 Å². The zero-order valence-corrected chi connectivity index (χ0v) is 13.4. The van der Waals surface area contributed by atoms with Gasteiger partial charge >= 0.3 is 0 Å². The van der Waals surface area contributed by atoms with Crippen molar-refractivity contribution in [2.45, 2.75) is 58.0 Å². The van der Waals surface area contributed by atoms with Gasteiger partial charge in [0.05, 0.1) is 0 Å². The van der Waals surface area contributed by atoms with Crippen LogP contribution in [-0.4, -0.2) is 30.8 Å². The predicted molar refractivity (Wildman–Crippen MR) is 89.7 cm³/mol. The van der Waals surface area contributed by atoms with Gasteiger partial charge in [-0.15, -0.1) is 0 Å². The summed E-state index contributed by atoms with van der Waals surface area (Å²) in [5.74, 6) is 0. The molecular formula is C18H30N2O. The molecule has 0 radical (unpaired) electrons. The molecule has 1 aliphatic heterocycles. The number of aliphatic hydroxyl groups is 1. The van der Waals surface area contributed by atoms with E-state index in [1.165, 1.54) is 50.0 Å². The lowest BCUT2D eigenvalue weighted by Crippen LogP contribution is -2.29. The van der Waals surface area contributed by atoms with Crippen molar-refractivity contribution in [3.63, 3.8) is 0 Å². The summed E-state index contributed by atoms with van der Waals surface area (Å²) in [6, 6.07) is 9.41. The van der Waals surface area contributed by atoms with Crippen LogP contribution in [-0.2, 0) is 6.54 Å². The highest BCUT2D eigenvalue weighted by Gasteiger charge is 2.10. The molecule has 0 amide bonds. The van der Waals surface area contributed by atoms with Crippen LogP contribution < -0.4 is 10.2 Å². The summed E-state index contributed by atoms with van der Waals surface area (Å²) in [6.07, 6.45) is 7.30. The van der Waals surface area contributed by atoms with Crippen LogP contribution in [0.5, 0.6) is 0 Å². The summed E-state index contributed by atoms with van der Waals surface area (Å²) in [7, 11) is 0. The maximum Gasteiger partial charge on any atom is 0.0445 e. The first-order chi connectivity index (χ1) is 10.3. The van der Waals surface area contributed by atoms with Gasteiger partial charge in [0.15, 0.2) is 0 Å². The van der Waals surface area contributed by atoms with E-state index in [2.05, 4.69) is 41.4 Å². The quantitative estimate of drug-likeness (QED) is 0.808. The van der Waals surface area contributed by atoms with Crippen molar-refractivity contribution in [2.24, 2.45) is 0 Å². The van der Waals surface area contributed by atoms with Gasteiger partial charge in [0.25, 0.3) is 0 Å². The molecule has 118 valence electrons. The maximum absolute atomic E-state index is 9.02. The first-order valence-corrected chi connectivity index (χ1v) is 8.51. The van der Waals surface area contributed by atoms with Crippen molar-refractivity contribution in [3.8, 4) is 0 Å². The van der Waals surface area contributed by atoms with Crippen LogP contribution in [0.4, 0.5) is 5.69 Å². The van der Waals surface area contributed by atoms with E-state index < -0.39 is 0 Å². The molecule has 2 N–H and O–H groups in total. The second-order valence-corrected chi connectivity index (χ2v) is 6.07. The Morgan fingerprint density at radius 1 is 1.10 bits per heavy atom. The molecule has 1 aromatic rings. The Balaban J connectivity index is 1.86. The fourth-order valence-electron chi connectivity index (χ4n) is 3.02. The molecular weight excluding hydrogens is 260 g/mol. The molecule has 1 unspecified atom stereocenters. The van der Waals surface area contributed by atoms with Gasteiger partial charge in [-0.25, -0.2) is 0 Å². The largest absolute Gasteiger partial charge is 0.396 e. The fraction of sp³-hybridized carbons (Fsp3) is 0.667. The van der Waals surface area contributed by atoms with Gasteiger partial charge in [0.2, 0.25) is 0 Å². The third-order valence-electron chi connectivity index (χ3n) is 4.47. The Morgan fingerprint density at radius 3 is 2.33 bits per heavy atom. The molecule has 1 fully saturated rings. The van der Waals surface area contributed by atoms with Crippen molar-refractivity contribution in [3.05, 3.63) is 29.8 Å². The monoisotopic (exact) mass is 290 g/mol. The van der Waals surface area contributed by atoms with Crippen molar-refractivity contribution in [1.29, 1.82) is 0 Å². The SMILES string of the molecule is CCC(CCO)NCc1ccc(N2CCCCCC2)cc1. The Bertz CT molecular complexity index is 383. The van der Waals surface area contributed by atoms with Crippen LogP contribution in [0.2, 0.25) is 0 Å². The molecule has 1 aliphatic rings. The van der Waals surface area contributed by atoms with Crippen LogP contribution >= 0.6 is 0 Å². The molecule has 2 rings (SSSR count). The molecule has 0 bridgehead atoms. The minimum absolute atomic E-state index is 0.263. The summed E-state index contributed by atoms with van der Waals surface area (Å²) in [5, 5.41) is 12.5. The smallest absolute Gasteiger partial charge is 0.0445 e. The van der Waals surface area contributed by atoms with E-state index in [-0.39, 0.29) is 6.61 Å². The highest BCUT2D eigenvalue weighted by molar-refractivity contribution is 5.47. The third kappa shape index (κ3) is 5.33. The molecule has 0 aliphatic carbocycles. The highest BCUT2D eigenvalue weighted by Crippen LogP contribution is 2.20. The van der Waals surface area contributed by atoms with Gasteiger partial charge in [0, 0.05) is 38.0 Å². The average molecular weight is 290 g/mol. The van der Waals surface area contributed by atoms with Gasteiger partial charge in [0.1, 0.15) is 0 Å². The topological polar surface area (TPSA) is 35.5 Å². The van der Waals surface area contributed by atoms with Gasteiger partial charge in [-0.3, -0.25) is 0 Å². The molecule has 0 aromatic heterocycles. The van der Waals surface area contributed by atoms with Crippen molar-refractivity contribution in [2.75, 3.05) is 24.6 Å². The highest BCUT2D eigenvalue weighted by atomic mass is 16.3. The van der Waals surface area contributed by atoms with Crippen LogP contribution in [0, 0.1) is 0 Å². The van der Waals surface area contributed by atoms with E-state index in [0.717, 1.165) is 19.4 Å². The van der Waals surface area contributed by atoms with Gasteiger partial charge in [-0.1, -0.05) is 31.9 Å². The van der Waals surface area contributed by atoms with E-state index in [1.807, 2.05) is 0 Å². The molecule has 1 atom stereocenters. The van der Waals surface area contributed by atoms with Crippen LogP contribution in [0.15, 0.2) is 24.3 Å². The molecule has 3 nitrogen and oxygen atoms in total. The minimum Gasteiger partial charge on any atom is -0.396 e. The summed E-state index contributed by atoms with van der Waals surface area (Å²) in [4.78, 5) is 2.52. The Hall–Kier alpha value is -1.06. The second kappa shape index (κ2) is 9.06. The van der Waals surface area contributed by atoms with Gasteiger partial charge < -0.3 is 15.3 Å². The van der Waals surface area contributed by atoms with E-state index in [1.54, 1.807) is 0 Å². The van der Waals surface area contributed by atoms with Crippen molar-refractivity contribution < 1.29 is 5.11 Å². The molecule has 0 saturated carbocycles. The Kier molecular flexibility index (Phi) is 7.04. The van der Waals surface area contributed by atoms with Gasteiger partial charge in [-0.05, 0) is 43.4 Å². The zero-order chi connectivity index (χ0) is 14.9. The number of nitrogens with one attached hydrogen (secondary N) is 1. The molecule has 1 heterocycles. The van der Waals surface area contributed by atoms with Crippen LogP contribution in [0.25, 0.3) is 0 Å². The van der Waals surface area contributed by atoms with E-state index in [4.69, 9.17) is 5.11 Å². The number of rotatable bonds is 7. The number of anilines is 1.